The van der Waals surface area contributed by atoms with Crippen LogP contribution in [0, 0.1) is 5.41 Å². The predicted molar refractivity (Wildman–Crippen MR) is 131 cm³/mol. The highest BCUT2D eigenvalue weighted by Crippen LogP contribution is 2.27. The molecule has 6 heteroatoms. The maximum absolute atomic E-state index is 5.29. The largest absolute Gasteiger partial charge is 0.497 e. The van der Waals surface area contributed by atoms with E-state index in [-0.39, 0.29) is 5.41 Å². The molecule has 0 unspecified atom stereocenters. The Bertz CT molecular complexity index is 1180. The SMILES string of the molecule is COc1ccc(-c2cc3nc(-c4ccccc4)cc(NCC(C)(C)CN(C)C)n3n2)cc1. The van der Waals surface area contributed by atoms with Crippen LogP contribution in [0.5, 0.6) is 5.75 Å². The zero-order valence-corrected chi connectivity index (χ0v) is 19.5. The number of hydrogen-bond donors (Lipinski definition) is 1. The summed E-state index contributed by atoms with van der Waals surface area (Å²) in [5.41, 5.74) is 4.81. The Morgan fingerprint density at radius 1 is 0.938 bits per heavy atom. The molecule has 0 aliphatic carbocycles. The number of nitrogens with one attached hydrogen (secondary N) is 1. The molecule has 6 nitrogen and oxygen atoms in total. The standard InChI is InChI=1S/C26H31N5O/c1-26(2,18-30(3)4)17-27-24-15-22(19-9-7-6-8-10-19)28-25-16-23(29-31(24)25)20-11-13-21(32-5)14-12-20/h6-16,27H,17-18H2,1-5H3. The number of hydrogen-bond acceptors (Lipinski definition) is 5. The molecule has 0 radical (unpaired) electrons. The van der Waals surface area contributed by atoms with Crippen LogP contribution < -0.4 is 10.1 Å². The van der Waals surface area contributed by atoms with Gasteiger partial charge >= 0.3 is 0 Å². The van der Waals surface area contributed by atoms with Gasteiger partial charge in [0.1, 0.15) is 11.6 Å². The van der Waals surface area contributed by atoms with E-state index in [0.717, 1.165) is 52.8 Å². The van der Waals surface area contributed by atoms with Gasteiger partial charge in [-0.15, -0.1) is 0 Å². The first kappa shape index (κ1) is 21.8. The van der Waals surface area contributed by atoms with Crippen molar-refractivity contribution in [3.63, 3.8) is 0 Å². The zero-order valence-electron chi connectivity index (χ0n) is 19.5. The Labute approximate surface area is 189 Å². The molecule has 0 fully saturated rings. The van der Waals surface area contributed by atoms with Crippen molar-refractivity contribution in [2.24, 2.45) is 5.41 Å². The van der Waals surface area contributed by atoms with Crippen molar-refractivity contribution < 1.29 is 4.74 Å². The van der Waals surface area contributed by atoms with Gasteiger partial charge in [-0.2, -0.15) is 9.61 Å². The van der Waals surface area contributed by atoms with E-state index in [1.54, 1.807) is 7.11 Å². The molecule has 0 aliphatic rings. The van der Waals surface area contributed by atoms with Gasteiger partial charge in [-0.3, -0.25) is 0 Å². The van der Waals surface area contributed by atoms with Gasteiger partial charge in [0.25, 0.3) is 0 Å². The summed E-state index contributed by atoms with van der Waals surface area (Å²) < 4.78 is 7.19. The molecule has 0 bridgehead atoms. The van der Waals surface area contributed by atoms with Gasteiger partial charge in [-0.25, -0.2) is 4.98 Å². The fraction of sp³-hybridized carbons (Fsp3) is 0.308. The minimum atomic E-state index is 0.0952. The second-order valence-corrected chi connectivity index (χ2v) is 9.18. The van der Waals surface area contributed by atoms with E-state index in [0.29, 0.717) is 0 Å². The van der Waals surface area contributed by atoms with Crippen molar-refractivity contribution >= 4 is 11.5 Å². The predicted octanol–water partition coefficient (Wildman–Crippen LogP) is 5.07. The van der Waals surface area contributed by atoms with E-state index in [1.807, 2.05) is 53.0 Å². The third-order valence-electron chi connectivity index (χ3n) is 5.37. The van der Waals surface area contributed by atoms with Crippen LogP contribution in [0.15, 0.2) is 66.7 Å². The van der Waals surface area contributed by atoms with Gasteiger partial charge in [-0.1, -0.05) is 44.2 Å². The molecule has 0 saturated heterocycles. The molecule has 0 saturated carbocycles. The summed E-state index contributed by atoms with van der Waals surface area (Å²) in [6, 6.07) is 22.3. The maximum Gasteiger partial charge on any atom is 0.158 e. The minimum Gasteiger partial charge on any atom is -0.497 e. The number of nitrogens with zero attached hydrogens (tertiary/aromatic N) is 4. The molecule has 2 heterocycles. The normalized spacial score (nSPS) is 11.8. The Balaban J connectivity index is 1.75. The third kappa shape index (κ3) is 4.92. The quantitative estimate of drug-likeness (QED) is 0.424. The Kier molecular flexibility index (Phi) is 6.15. The molecule has 4 rings (SSSR count). The summed E-state index contributed by atoms with van der Waals surface area (Å²) in [5.74, 6) is 1.76. The van der Waals surface area contributed by atoms with Crippen LogP contribution in [-0.4, -0.2) is 53.8 Å². The van der Waals surface area contributed by atoms with Crippen molar-refractivity contribution in [3.8, 4) is 28.3 Å². The molecular weight excluding hydrogens is 398 g/mol. The van der Waals surface area contributed by atoms with Crippen LogP contribution in [0.3, 0.4) is 0 Å². The van der Waals surface area contributed by atoms with Gasteiger partial charge in [0.05, 0.1) is 18.5 Å². The van der Waals surface area contributed by atoms with Crippen LogP contribution in [0.2, 0.25) is 0 Å². The van der Waals surface area contributed by atoms with Crippen molar-refractivity contribution in [2.75, 3.05) is 39.6 Å². The summed E-state index contributed by atoms with van der Waals surface area (Å²) in [4.78, 5) is 7.12. The van der Waals surface area contributed by atoms with Crippen molar-refractivity contribution in [3.05, 3.63) is 66.7 Å². The molecule has 0 atom stereocenters. The molecular formula is C26H31N5O. The van der Waals surface area contributed by atoms with E-state index in [1.165, 1.54) is 0 Å². The van der Waals surface area contributed by atoms with E-state index < -0.39 is 0 Å². The third-order valence-corrected chi connectivity index (χ3v) is 5.37. The van der Waals surface area contributed by atoms with Crippen LogP contribution in [0.4, 0.5) is 5.82 Å². The van der Waals surface area contributed by atoms with Crippen molar-refractivity contribution in [1.29, 1.82) is 0 Å². The van der Waals surface area contributed by atoms with Crippen molar-refractivity contribution in [2.45, 2.75) is 13.8 Å². The topological polar surface area (TPSA) is 54.7 Å². The lowest BCUT2D eigenvalue weighted by Crippen LogP contribution is -2.34. The van der Waals surface area contributed by atoms with Gasteiger partial charge in [0.2, 0.25) is 0 Å². The average Bonchev–Trinajstić information content (AvgIpc) is 3.21. The average molecular weight is 430 g/mol. The Morgan fingerprint density at radius 2 is 1.62 bits per heavy atom. The molecule has 2 aromatic carbocycles. The van der Waals surface area contributed by atoms with Gasteiger partial charge in [0.15, 0.2) is 5.65 Å². The second kappa shape index (κ2) is 9.01. The van der Waals surface area contributed by atoms with Crippen LogP contribution in [0.25, 0.3) is 28.2 Å². The van der Waals surface area contributed by atoms with Crippen LogP contribution in [0.1, 0.15) is 13.8 Å². The first-order valence-corrected chi connectivity index (χ1v) is 10.8. The van der Waals surface area contributed by atoms with E-state index in [2.05, 4.69) is 56.4 Å². The fourth-order valence-corrected chi connectivity index (χ4v) is 4.00. The van der Waals surface area contributed by atoms with Crippen molar-refractivity contribution in [1.82, 2.24) is 19.5 Å². The Morgan fingerprint density at radius 3 is 2.28 bits per heavy atom. The van der Waals surface area contributed by atoms with Crippen LogP contribution >= 0.6 is 0 Å². The van der Waals surface area contributed by atoms with E-state index >= 15 is 0 Å². The Hall–Kier alpha value is -3.38. The fourth-order valence-electron chi connectivity index (χ4n) is 4.00. The van der Waals surface area contributed by atoms with Crippen LogP contribution in [-0.2, 0) is 0 Å². The first-order valence-electron chi connectivity index (χ1n) is 10.8. The lowest BCUT2D eigenvalue weighted by molar-refractivity contribution is 0.254. The summed E-state index contributed by atoms with van der Waals surface area (Å²) in [6.07, 6.45) is 0. The zero-order chi connectivity index (χ0) is 22.7. The number of methoxy groups -OCH3 is 1. The monoisotopic (exact) mass is 429 g/mol. The number of anilines is 1. The molecule has 4 aromatic rings. The number of aromatic nitrogens is 3. The highest BCUT2D eigenvalue weighted by molar-refractivity contribution is 5.71. The number of fused-ring (bicyclic) bond motifs is 1. The lowest BCUT2D eigenvalue weighted by Gasteiger charge is -2.29. The first-order chi connectivity index (χ1) is 15.3. The highest BCUT2D eigenvalue weighted by atomic mass is 16.5. The number of rotatable bonds is 8. The van der Waals surface area contributed by atoms with Gasteiger partial charge < -0.3 is 15.0 Å². The molecule has 1 N–H and O–H groups in total. The summed E-state index contributed by atoms with van der Waals surface area (Å²) >= 11 is 0. The highest BCUT2D eigenvalue weighted by Gasteiger charge is 2.20. The minimum absolute atomic E-state index is 0.0952. The molecule has 166 valence electrons. The van der Waals surface area contributed by atoms with Gasteiger partial charge in [0, 0.05) is 36.3 Å². The number of benzene rings is 2. The summed E-state index contributed by atoms with van der Waals surface area (Å²) in [5, 5.41) is 8.52. The summed E-state index contributed by atoms with van der Waals surface area (Å²) in [6.45, 7) is 6.33. The summed E-state index contributed by atoms with van der Waals surface area (Å²) in [7, 11) is 5.88. The number of ether oxygens (including phenoxy) is 1. The van der Waals surface area contributed by atoms with E-state index in [4.69, 9.17) is 14.8 Å². The molecule has 0 spiro atoms. The maximum atomic E-state index is 5.29. The molecule has 2 aromatic heterocycles. The smallest absolute Gasteiger partial charge is 0.158 e. The lowest BCUT2D eigenvalue weighted by atomic mass is 9.93. The van der Waals surface area contributed by atoms with E-state index in [9.17, 15) is 0 Å². The van der Waals surface area contributed by atoms with Gasteiger partial charge in [-0.05, 0) is 43.8 Å². The molecule has 32 heavy (non-hydrogen) atoms. The second-order valence-electron chi connectivity index (χ2n) is 9.18. The molecule has 0 aliphatic heterocycles. The molecule has 0 amide bonds.